The monoisotopic (exact) mass is 212 g/mol. The summed E-state index contributed by atoms with van der Waals surface area (Å²) in [6.07, 6.45) is 8.74. The van der Waals surface area contributed by atoms with E-state index in [4.69, 9.17) is 5.73 Å². The van der Waals surface area contributed by atoms with Crippen LogP contribution in [-0.2, 0) is 0 Å². The Kier molecular flexibility index (Phi) is 3.65. The third-order valence-corrected chi connectivity index (χ3v) is 4.06. The number of likely N-dealkylation sites (tertiary alicyclic amines) is 1. The summed E-state index contributed by atoms with van der Waals surface area (Å²) in [4.78, 5) is 2.48. The molecule has 88 valence electrons. The second-order valence-corrected chi connectivity index (χ2v) is 5.29. The van der Waals surface area contributed by atoms with Crippen LogP contribution in [0.2, 0.25) is 0 Å². The van der Waals surface area contributed by atoms with E-state index < -0.39 is 5.60 Å². The highest BCUT2D eigenvalue weighted by Gasteiger charge is 2.34. The minimum Gasteiger partial charge on any atom is -0.387 e. The summed E-state index contributed by atoms with van der Waals surface area (Å²) >= 11 is 0. The molecule has 15 heavy (non-hydrogen) atoms. The maximum atomic E-state index is 10.2. The Hall–Kier alpha value is -0.120. The van der Waals surface area contributed by atoms with E-state index in [0.29, 0.717) is 6.54 Å². The van der Waals surface area contributed by atoms with Gasteiger partial charge in [-0.2, -0.15) is 0 Å². The standard InChI is InChI=1S/C12H24N2O/c13-9-12(15)7-4-8-14(10-12)11-5-2-1-3-6-11/h11,15H,1-10,13H2. The molecule has 1 atom stereocenters. The quantitative estimate of drug-likeness (QED) is 0.721. The summed E-state index contributed by atoms with van der Waals surface area (Å²) < 4.78 is 0. The maximum absolute atomic E-state index is 10.2. The molecule has 0 aromatic carbocycles. The fraction of sp³-hybridized carbons (Fsp3) is 1.00. The van der Waals surface area contributed by atoms with Gasteiger partial charge in [0.15, 0.2) is 0 Å². The highest BCUT2D eigenvalue weighted by molar-refractivity contribution is 4.91. The van der Waals surface area contributed by atoms with Gasteiger partial charge in [0, 0.05) is 19.1 Å². The Balaban J connectivity index is 1.91. The number of rotatable bonds is 2. The zero-order chi connectivity index (χ0) is 10.7. The molecule has 3 heteroatoms. The highest BCUT2D eigenvalue weighted by Crippen LogP contribution is 2.28. The van der Waals surface area contributed by atoms with Crippen LogP contribution in [0.25, 0.3) is 0 Å². The van der Waals surface area contributed by atoms with Crippen LogP contribution in [0.15, 0.2) is 0 Å². The lowest BCUT2D eigenvalue weighted by Gasteiger charge is -2.43. The van der Waals surface area contributed by atoms with Crippen LogP contribution in [0.4, 0.5) is 0 Å². The highest BCUT2D eigenvalue weighted by atomic mass is 16.3. The molecule has 1 unspecified atom stereocenters. The van der Waals surface area contributed by atoms with Crippen molar-refractivity contribution in [1.29, 1.82) is 0 Å². The van der Waals surface area contributed by atoms with Crippen molar-refractivity contribution in [3.63, 3.8) is 0 Å². The molecule has 2 fully saturated rings. The minimum absolute atomic E-state index is 0.413. The van der Waals surface area contributed by atoms with Gasteiger partial charge < -0.3 is 10.8 Å². The maximum Gasteiger partial charge on any atom is 0.0896 e. The van der Waals surface area contributed by atoms with Crippen LogP contribution in [0.3, 0.4) is 0 Å². The average molecular weight is 212 g/mol. The second kappa shape index (κ2) is 4.81. The van der Waals surface area contributed by atoms with Crippen molar-refractivity contribution >= 4 is 0 Å². The van der Waals surface area contributed by atoms with E-state index >= 15 is 0 Å². The van der Waals surface area contributed by atoms with E-state index in [-0.39, 0.29) is 0 Å². The summed E-state index contributed by atoms with van der Waals surface area (Å²) in [5.74, 6) is 0. The van der Waals surface area contributed by atoms with Gasteiger partial charge >= 0.3 is 0 Å². The first-order valence-electron chi connectivity index (χ1n) is 6.40. The van der Waals surface area contributed by atoms with E-state index in [0.717, 1.165) is 32.0 Å². The Morgan fingerprint density at radius 1 is 1.20 bits per heavy atom. The van der Waals surface area contributed by atoms with Crippen LogP contribution < -0.4 is 5.73 Å². The number of hydrogen-bond acceptors (Lipinski definition) is 3. The molecule has 0 amide bonds. The van der Waals surface area contributed by atoms with E-state index in [1.807, 2.05) is 0 Å². The van der Waals surface area contributed by atoms with Crippen molar-refractivity contribution in [3.8, 4) is 0 Å². The Morgan fingerprint density at radius 2 is 1.93 bits per heavy atom. The Bertz CT molecular complexity index is 204. The Labute approximate surface area is 92.6 Å². The van der Waals surface area contributed by atoms with Crippen molar-refractivity contribution in [3.05, 3.63) is 0 Å². The summed E-state index contributed by atoms with van der Waals surface area (Å²) in [7, 11) is 0. The summed E-state index contributed by atoms with van der Waals surface area (Å²) in [6.45, 7) is 2.37. The first-order valence-corrected chi connectivity index (χ1v) is 6.40. The van der Waals surface area contributed by atoms with Crippen molar-refractivity contribution < 1.29 is 5.11 Å². The molecule has 0 aromatic heterocycles. The minimum atomic E-state index is -0.601. The van der Waals surface area contributed by atoms with Crippen LogP contribution >= 0.6 is 0 Å². The first-order chi connectivity index (χ1) is 7.23. The molecule has 1 saturated carbocycles. The molecular formula is C12H24N2O. The van der Waals surface area contributed by atoms with Crippen molar-refractivity contribution in [2.75, 3.05) is 19.6 Å². The second-order valence-electron chi connectivity index (χ2n) is 5.29. The number of nitrogens with zero attached hydrogens (tertiary/aromatic N) is 1. The normalized spacial score (nSPS) is 35.6. The van der Waals surface area contributed by atoms with Gasteiger partial charge in [-0.3, -0.25) is 4.90 Å². The van der Waals surface area contributed by atoms with Crippen LogP contribution in [0.5, 0.6) is 0 Å². The fourth-order valence-corrected chi connectivity index (χ4v) is 3.07. The topological polar surface area (TPSA) is 49.5 Å². The molecule has 0 spiro atoms. The molecule has 0 bridgehead atoms. The van der Waals surface area contributed by atoms with Gasteiger partial charge in [0.2, 0.25) is 0 Å². The fourth-order valence-electron chi connectivity index (χ4n) is 3.07. The number of piperidine rings is 1. The SMILES string of the molecule is NCC1(O)CCCN(C2CCCCC2)C1. The number of aliphatic hydroxyl groups is 1. The number of nitrogens with two attached hydrogens (primary N) is 1. The molecule has 3 N–H and O–H groups in total. The molecular weight excluding hydrogens is 188 g/mol. The number of β-amino-alcohol motifs (C(OH)–C–C–N with tert-alkyl or cyclic N) is 1. The van der Waals surface area contributed by atoms with Crippen LogP contribution in [0.1, 0.15) is 44.9 Å². The van der Waals surface area contributed by atoms with Crippen LogP contribution in [-0.4, -0.2) is 41.3 Å². The van der Waals surface area contributed by atoms with Crippen molar-refractivity contribution in [2.24, 2.45) is 5.73 Å². The predicted octanol–water partition coefficient (Wildman–Crippen LogP) is 1.10. The molecule has 2 rings (SSSR count). The van der Waals surface area contributed by atoms with E-state index in [2.05, 4.69) is 4.90 Å². The Morgan fingerprint density at radius 3 is 2.60 bits per heavy atom. The van der Waals surface area contributed by atoms with Crippen molar-refractivity contribution in [1.82, 2.24) is 4.90 Å². The van der Waals surface area contributed by atoms with Gasteiger partial charge in [0.1, 0.15) is 0 Å². The molecule has 3 nitrogen and oxygen atoms in total. The van der Waals surface area contributed by atoms with Gasteiger partial charge in [-0.1, -0.05) is 19.3 Å². The lowest BCUT2D eigenvalue weighted by Crippen LogP contribution is -2.55. The van der Waals surface area contributed by atoms with Gasteiger partial charge in [0.25, 0.3) is 0 Å². The molecule has 1 saturated heterocycles. The van der Waals surface area contributed by atoms with Gasteiger partial charge in [-0.25, -0.2) is 0 Å². The van der Waals surface area contributed by atoms with Gasteiger partial charge in [0.05, 0.1) is 5.60 Å². The molecule has 1 aliphatic heterocycles. The number of hydrogen-bond donors (Lipinski definition) is 2. The molecule has 0 radical (unpaired) electrons. The van der Waals surface area contributed by atoms with Gasteiger partial charge in [-0.05, 0) is 32.2 Å². The zero-order valence-corrected chi connectivity index (χ0v) is 9.62. The lowest BCUT2D eigenvalue weighted by atomic mass is 9.88. The summed E-state index contributed by atoms with van der Waals surface area (Å²) in [5.41, 5.74) is 5.05. The molecule has 1 heterocycles. The zero-order valence-electron chi connectivity index (χ0n) is 9.62. The van der Waals surface area contributed by atoms with Crippen LogP contribution in [0, 0.1) is 0 Å². The lowest BCUT2D eigenvalue weighted by molar-refractivity contribution is -0.0415. The largest absolute Gasteiger partial charge is 0.387 e. The smallest absolute Gasteiger partial charge is 0.0896 e. The first kappa shape index (κ1) is 11.4. The van der Waals surface area contributed by atoms with E-state index in [9.17, 15) is 5.11 Å². The van der Waals surface area contributed by atoms with Gasteiger partial charge in [-0.15, -0.1) is 0 Å². The predicted molar refractivity (Wildman–Crippen MR) is 61.7 cm³/mol. The molecule has 2 aliphatic rings. The summed E-state index contributed by atoms with van der Waals surface area (Å²) in [5, 5.41) is 10.2. The molecule has 1 aliphatic carbocycles. The average Bonchev–Trinajstić information content (AvgIpc) is 2.30. The molecule has 0 aromatic rings. The third-order valence-electron chi connectivity index (χ3n) is 4.06. The third kappa shape index (κ3) is 2.71. The van der Waals surface area contributed by atoms with E-state index in [1.165, 1.54) is 32.1 Å². The summed E-state index contributed by atoms with van der Waals surface area (Å²) in [6, 6.07) is 0.720. The van der Waals surface area contributed by atoms with E-state index in [1.54, 1.807) is 0 Å². The van der Waals surface area contributed by atoms with Crippen molar-refractivity contribution in [2.45, 2.75) is 56.6 Å².